The maximum Gasteiger partial charge on any atom is 0.762 e. The van der Waals surface area contributed by atoms with Gasteiger partial charge in [-0.05, 0) is 20.3 Å². The Kier molecular flexibility index (Phi) is 43.6. The van der Waals surface area contributed by atoms with E-state index in [1.807, 2.05) is 26.0 Å². The number of hydrogen-bond acceptors (Lipinski definition) is 33. The summed E-state index contributed by atoms with van der Waals surface area (Å²) < 4.78 is 113. The third-order valence-electron chi connectivity index (χ3n) is 13.6. The molecule has 0 bridgehead atoms. The summed E-state index contributed by atoms with van der Waals surface area (Å²) in [5.41, 5.74) is 1.76. The van der Waals surface area contributed by atoms with E-state index in [0.717, 1.165) is 26.9 Å². The van der Waals surface area contributed by atoms with Crippen LogP contribution in [-0.2, 0) is 129 Å². The van der Waals surface area contributed by atoms with Crippen molar-refractivity contribution in [2.24, 2.45) is 10.3 Å². The first-order valence-electron chi connectivity index (χ1n) is 33.2. The van der Waals surface area contributed by atoms with Gasteiger partial charge in [-0.1, -0.05) is 139 Å². The number of hydrogen-bond donors (Lipinski definition) is 2. The third kappa shape index (κ3) is 38.7. The number of epoxide rings is 6. The van der Waals surface area contributed by atoms with Crippen molar-refractivity contribution >= 4 is 78.3 Å². The van der Waals surface area contributed by atoms with E-state index in [2.05, 4.69) is 34.0 Å². The molecule has 6 aliphatic heterocycles. The van der Waals surface area contributed by atoms with E-state index in [9.17, 15) is 60.9 Å². The van der Waals surface area contributed by atoms with Crippen LogP contribution in [0.5, 0.6) is 0 Å². The minimum absolute atomic E-state index is 0.0554. The van der Waals surface area contributed by atoms with E-state index >= 15 is 0 Å². The van der Waals surface area contributed by atoms with Crippen LogP contribution in [0, 0.1) is 0 Å². The fourth-order valence-electron chi connectivity index (χ4n) is 7.50. The fraction of sp³-hybridized carbons (Fsp3) is 0.486. The van der Waals surface area contributed by atoms with Gasteiger partial charge in [-0.3, -0.25) is 22.5 Å². The van der Waals surface area contributed by atoms with Gasteiger partial charge in [0.15, 0.2) is 60.3 Å². The number of halogens is 3. The number of aliphatic hydroxyl groups excluding tert-OH is 2. The van der Waals surface area contributed by atoms with Crippen LogP contribution in [0.2, 0.25) is 0 Å². The van der Waals surface area contributed by atoms with Crippen molar-refractivity contribution in [1.29, 1.82) is 0 Å². The Hall–Kier alpha value is -9.35. The molecule has 586 valence electrons. The van der Waals surface area contributed by atoms with Gasteiger partial charge >= 0.3 is 55.3 Å². The largest absolute Gasteiger partial charge is 0.762 e. The molecule has 2 N–H and O–H groups in total. The molecule has 107 heavy (non-hydrogen) atoms. The summed E-state index contributed by atoms with van der Waals surface area (Å²) in [7, 11) is 0.0808. The Labute approximate surface area is 613 Å². The molecular weight excluding hydrogens is 1430 g/mol. The number of aliphatic hydroxyl groups is 2. The van der Waals surface area contributed by atoms with Gasteiger partial charge < -0.3 is 100 Å². The van der Waals surface area contributed by atoms with E-state index in [-0.39, 0.29) is 98.5 Å². The average Bonchev–Trinajstić information content (AvgIpc) is 1.66. The first kappa shape index (κ1) is 90.0. The van der Waals surface area contributed by atoms with Crippen molar-refractivity contribution in [3.8, 4) is 0 Å². The smallest absolute Gasteiger partial charge is 0.467 e. The lowest BCUT2D eigenvalue weighted by molar-refractivity contribution is -0.182. The van der Waals surface area contributed by atoms with Crippen molar-refractivity contribution in [3.63, 3.8) is 0 Å². The highest BCUT2D eigenvalue weighted by Crippen LogP contribution is 2.18. The minimum atomic E-state index is -3.67. The second-order valence-corrected chi connectivity index (χ2v) is 21.7. The highest BCUT2D eigenvalue weighted by molar-refractivity contribution is 6.52. The van der Waals surface area contributed by atoms with E-state index in [1.165, 1.54) is 14.2 Å². The predicted molar refractivity (Wildman–Crippen MR) is 362 cm³/mol. The molecule has 0 spiro atoms. The van der Waals surface area contributed by atoms with Gasteiger partial charge in [0, 0.05) is 42.6 Å². The highest BCUT2D eigenvalue weighted by atomic mass is 19.4. The maximum absolute atomic E-state index is 13.3. The molecule has 10 atom stereocenters. The molecule has 4 aromatic rings. The van der Waals surface area contributed by atoms with E-state index in [4.69, 9.17) is 76.7 Å². The van der Waals surface area contributed by atoms with Gasteiger partial charge in [0.1, 0.15) is 38.6 Å². The summed E-state index contributed by atoms with van der Waals surface area (Å²) in [6.45, 7) is 8.10. The number of nitrogens with zero attached hydrogens (tertiary/aromatic N) is 2. The van der Waals surface area contributed by atoms with Crippen LogP contribution in [0.15, 0.2) is 132 Å². The summed E-state index contributed by atoms with van der Waals surface area (Å²) in [5.74, 6) is -5.86. The zero-order valence-electron chi connectivity index (χ0n) is 59.4. The Balaban J connectivity index is 0.000000338. The van der Waals surface area contributed by atoms with Crippen LogP contribution < -0.4 is 0 Å². The summed E-state index contributed by atoms with van der Waals surface area (Å²) in [4.78, 5) is 130. The standard InChI is InChI=1S/C34H41NO15.C17H13NO4.C6H8O4.C5H8O4.C4H6O3.C4H10O.BF3/c1-4-25(34(41)50-35-29(22-11-7-5-8-12-22)30(37)23-13-9-6-10-14-23)46-20-27(32(39)44-16-15-36)48-21-28(33(40)49-18-24-17-45-24)47-19-26(42-2)31(38)43-3;19-16(13-9-5-2-6-10-13)15(12-7-3-1-4-8-12)18-22-17(20)14-11-21-14;7-6(5-3-9-5)10-2-4-1-8-4;6-1-2-8-5(7)4-3-9-4;1-6-4(5)3-2-7-3;1-3-5-4-2;2-1(3)4/h5-14,24-28,36H,4,15-21H2,1-3H3;1-10,14H,11H2;4-5H,1-3H2;4,6H,1-3H2;3H,2H2,1H3;3-4H2,1-2H3;. The maximum atomic E-state index is 13.3. The molecule has 6 saturated heterocycles. The molecule has 4 aromatic carbocycles. The molecular formula is C70H86BF3N2O31. The number of methoxy groups -OCH3 is 3. The van der Waals surface area contributed by atoms with Crippen molar-refractivity contribution in [1.82, 2.24) is 0 Å². The lowest BCUT2D eigenvalue weighted by Gasteiger charge is -2.23. The van der Waals surface area contributed by atoms with E-state index < -0.39 is 100 Å². The van der Waals surface area contributed by atoms with Crippen LogP contribution in [-0.4, -0.2) is 283 Å². The normalized spacial score (nSPS) is 18.8. The van der Waals surface area contributed by atoms with Crippen molar-refractivity contribution in [2.75, 3.05) is 134 Å². The Morgan fingerprint density at radius 3 is 1.14 bits per heavy atom. The van der Waals surface area contributed by atoms with E-state index in [1.54, 1.807) is 116 Å². The third-order valence-corrected chi connectivity index (χ3v) is 13.6. The van der Waals surface area contributed by atoms with E-state index in [0.29, 0.717) is 61.9 Å². The molecule has 33 nitrogen and oxygen atoms in total. The van der Waals surface area contributed by atoms with Crippen LogP contribution in [0.4, 0.5) is 12.9 Å². The number of carbonyl (C=O) groups is 10. The van der Waals surface area contributed by atoms with Crippen molar-refractivity contribution < 1.29 is 161 Å². The van der Waals surface area contributed by atoms with Gasteiger partial charge in [-0.15, -0.1) is 0 Å². The molecule has 6 aliphatic rings. The number of oxime groups is 2. The number of esters is 6. The van der Waals surface area contributed by atoms with Gasteiger partial charge in [0.2, 0.25) is 11.6 Å². The number of rotatable bonds is 37. The Morgan fingerprint density at radius 1 is 0.430 bits per heavy atom. The number of benzene rings is 4. The molecule has 10 rings (SSSR count). The molecule has 0 amide bonds. The molecule has 0 aliphatic carbocycles. The fourth-order valence-corrected chi connectivity index (χ4v) is 7.50. The number of Topliss-reactive ketones (excluding diaryl/α,β-unsaturated/α-hetero) is 2. The first-order chi connectivity index (χ1) is 51.7. The summed E-state index contributed by atoms with van der Waals surface area (Å²) in [6, 6.07) is 34.4. The molecule has 10 unspecified atom stereocenters. The summed E-state index contributed by atoms with van der Waals surface area (Å²) >= 11 is 0. The second-order valence-electron chi connectivity index (χ2n) is 21.7. The predicted octanol–water partition coefficient (Wildman–Crippen LogP) is 2.99. The number of ether oxygens (including phenoxy) is 17. The molecule has 37 heteroatoms. The highest BCUT2D eigenvalue weighted by Gasteiger charge is 2.38. The quantitative estimate of drug-likeness (QED) is 0.00957. The minimum Gasteiger partial charge on any atom is -0.467 e. The lowest BCUT2D eigenvalue weighted by Crippen LogP contribution is -2.41. The van der Waals surface area contributed by atoms with Crippen LogP contribution in [0.25, 0.3) is 0 Å². The first-order valence-corrected chi connectivity index (χ1v) is 33.2. The molecule has 0 radical (unpaired) electrons. The average molecular weight is 1520 g/mol. The van der Waals surface area contributed by atoms with Crippen LogP contribution in [0.3, 0.4) is 0 Å². The lowest BCUT2D eigenvalue weighted by atomic mass is 10.0. The molecule has 6 fully saturated rings. The SMILES string of the molecule is CCC(OCC(OCC(OCC(OC)C(=O)OC)C(=O)OCC1CO1)C(=O)OCCO)C(=O)ON=C(C(=O)c1ccccc1)c1ccccc1.CCOCC.COC(=O)C1CO1.FB(F)F.O=C(C(=NOC(=O)C1CO1)c1ccccc1)c1ccccc1.O=C(OCC1CO1)C1CO1.O=C(OCCO)C1CO1. The molecule has 0 saturated carbocycles. The number of carbonyl (C=O) groups excluding carboxylic acids is 10. The topological polar surface area (TPSA) is 431 Å². The Morgan fingerprint density at radius 2 is 0.785 bits per heavy atom. The molecule has 0 aromatic heterocycles. The van der Waals surface area contributed by atoms with Crippen molar-refractivity contribution in [2.45, 2.75) is 88.2 Å². The van der Waals surface area contributed by atoms with Crippen molar-refractivity contribution in [3.05, 3.63) is 144 Å². The number of ketones is 2. The van der Waals surface area contributed by atoms with Gasteiger partial charge in [-0.2, -0.15) is 0 Å². The van der Waals surface area contributed by atoms with Gasteiger partial charge in [0.05, 0.1) is 86.9 Å². The van der Waals surface area contributed by atoms with Gasteiger partial charge in [-0.25, -0.2) is 38.4 Å². The Bertz CT molecular complexity index is 3380. The van der Waals surface area contributed by atoms with Crippen LogP contribution in [0.1, 0.15) is 59.0 Å². The van der Waals surface area contributed by atoms with Gasteiger partial charge in [0.25, 0.3) is 0 Å². The monoisotopic (exact) mass is 1520 g/mol. The summed E-state index contributed by atoms with van der Waals surface area (Å²) in [5, 5.41) is 25.0. The van der Waals surface area contributed by atoms with Crippen LogP contribution >= 0.6 is 0 Å². The zero-order valence-corrected chi connectivity index (χ0v) is 59.4. The second kappa shape index (κ2) is 51.8. The molecule has 6 heterocycles. The zero-order chi connectivity index (χ0) is 78.3. The summed E-state index contributed by atoms with van der Waals surface area (Å²) in [6.07, 6.45) is -6.92.